The second-order valence-corrected chi connectivity index (χ2v) is 8.14. The molecule has 0 aromatic carbocycles. The third-order valence-electron chi connectivity index (χ3n) is 4.72. The van der Waals surface area contributed by atoms with Gasteiger partial charge in [-0.05, 0) is 30.9 Å². The molecule has 2 atom stereocenters. The number of hydrogen-bond acceptors (Lipinski definition) is 8. The highest BCUT2D eigenvalue weighted by molar-refractivity contribution is 5.81. The topological polar surface area (TPSA) is 145 Å². The summed E-state index contributed by atoms with van der Waals surface area (Å²) in [6.07, 6.45) is 3.44. The summed E-state index contributed by atoms with van der Waals surface area (Å²) in [6, 6.07) is 5.70. The number of rotatable bonds is 7. The highest BCUT2D eigenvalue weighted by Crippen LogP contribution is 2.39. The summed E-state index contributed by atoms with van der Waals surface area (Å²) in [5.74, 6) is -0.224. The average molecular weight is 445 g/mol. The predicted molar refractivity (Wildman–Crippen MR) is 118 cm³/mol. The molecule has 1 aliphatic rings. The summed E-state index contributed by atoms with van der Waals surface area (Å²) in [4.78, 5) is 27.4. The number of nitrogens with one attached hydrogen (secondary N) is 1. The minimum atomic E-state index is -1.21. The van der Waals surface area contributed by atoms with E-state index >= 15 is 0 Å². The number of amides is 1. The van der Waals surface area contributed by atoms with Gasteiger partial charge < -0.3 is 20.5 Å². The quantitative estimate of drug-likeness (QED) is 0.619. The molecule has 0 spiro atoms. The minimum absolute atomic E-state index is 0.00272. The van der Waals surface area contributed by atoms with Crippen LogP contribution in [0, 0.1) is 17.2 Å². The fraction of sp³-hybridized carbons (Fsp3) is 0.591. The van der Waals surface area contributed by atoms with Gasteiger partial charge in [0.15, 0.2) is 11.4 Å². The van der Waals surface area contributed by atoms with Crippen LogP contribution in [0.5, 0.6) is 0 Å². The number of nitrogens with two attached hydrogens (primary N) is 1. The van der Waals surface area contributed by atoms with Gasteiger partial charge in [-0.25, -0.2) is 9.50 Å². The van der Waals surface area contributed by atoms with Crippen LogP contribution in [0.2, 0.25) is 0 Å². The summed E-state index contributed by atoms with van der Waals surface area (Å²) in [5.41, 5.74) is 5.79. The van der Waals surface area contributed by atoms with Crippen LogP contribution < -0.4 is 11.1 Å². The molecule has 0 aliphatic carbocycles. The standard InChI is InChI=1S/C19H24N6O4.C3H8/c1-12(2)7-16(26)22-8-17(27)28-9-13-5-6-19(10-20,29-13)15-4-3-14-18(21)23-11-24-25(14)15;1-3-2/h3-4,11-13H,5-9H2,1-2H3,(H,22,26)(H2,21,23,24);3H2,1-2H3. The van der Waals surface area contributed by atoms with Crippen molar-refractivity contribution in [2.24, 2.45) is 5.92 Å². The first-order valence-corrected chi connectivity index (χ1v) is 10.9. The third kappa shape index (κ3) is 6.17. The number of anilines is 1. The van der Waals surface area contributed by atoms with Crippen LogP contribution in [0.15, 0.2) is 18.5 Å². The lowest BCUT2D eigenvalue weighted by atomic mass is 9.98. The van der Waals surface area contributed by atoms with E-state index in [1.165, 1.54) is 12.7 Å². The largest absolute Gasteiger partial charge is 0.462 e. The summed E-state index contributed by atoms with van der Waals surface area (Å²) in [5, 5.41) is 16.5. The minimum Gasteiger partial charge on any atom is -0.462 e. The van der Waals surface area contributed by atoms with Crippen LogP contribution in [0.3, 0.4) is 0 Å². The number of esters is 1. The molecule has 3 heterocycles. The molecule has 1 amide bonds. The van der Waals surface area contributed by atoms with Gasteiger partial charge in [-0.1, -0.05) is 34.1 Å². The number of aromatic nitrogens is 3. The number of hydrogen-bond donors (Lipinski definition) is 2. The zero-order valence-electron chi connectivity index (χ0n) is 19.1. The lowest BCUT2D eigenvalue weighted by Crippen LogP contribution is -2.33. The third-order valence-corrected chi connectivity index (χ3v) is 4.72. The zero-order valence-corrected chi connectivity index (χ0v) is 19.1. The van der Waals surface area contributed by atoms with Crippen molar-refractivity contribution in [3.8, 4) is 6.07 Å². The van der Waals surface area contributed by atoms with Crippen LogP contribution >= 0.6 is 0 Å². The van der Waals surface area contributed by atoms with Gasteiger partial charge in [-0.15, -0.1) is 0 Å². The number of nitriles is 1. The van der Waals surface area contributed by atoms with Crippen molar-refractivity contribution in [3.05, 3.63) is 24.2 Å². The Bertz CT molecular complexity index is 967. The molecular weight excluding hydrogens is 412 g/mol. The van der Waals surface area contributed by atoms with Crippen LogP contribution in [-0.4, -0.2) is 45.7 Å². The average Bonchev–Trinajstić information content (AvgIpc) is 3.37. The van der Waals surface area contributed by atoms with Crippen LogP contribution in [-0.2, 0) is 24.7 Å². The van der Waals surface area contributed by atoms with Crippen molar-refractivity contribution >= 4 is 23.2 Å². The molecule has 0 saturated carbocycles. The Balaban J connectivity index is 0.00000114. The van der Waals surface area contributed by atoms with E-state index in [4.69, 9.17) is 15.2 Å². The smallest absolute Gasteiger partial charge is 0.325 e. The summed E-state index contributed by atoms with van der Waals surface area (Å²) >= 11 is 0. The van der Waals surface area contributed by atoms with E-state index in [1.54, 1.807) is 16.6 Å². The first kappa shape index (κ1) is 25.1. The molecule has 174 valence electrons. The van der Waals surface area contributed by atoms with Crippen molar-refractivity contribution in [2.45, 2.75) is 65.1 Å². The van der Waals surface area contributed by atoms with Gasteiger partial charge in [-0.2, -0.15) is 10.4 Å². The number of fused-ring (bicyclic) bond motifs is 1. The lowest BCUT2D eigenvalue weighted by Gasteiger charge is -2.21. The second kappa shape index (κ2) is 11.4. The number of nitrogen functional groups attached to an aromatic ring is 1. The molecule has 1 saturated heterocycles. The first-order chi connectivity index (χ1) is 15.3. The fourth-order valence-electron chi connectivity index (χ4n) is 3.32. The van der Waals surface area contributed by atoms with Crippen LogP contribution in [0.1, 0.15) is 59.1 Å². The Kier molecular flexibility index (Phi) is 8.96. The number of ether oxygens (including phenoxy) is 2. The molecule has 10 heteroatoms. The second-order valence-electron chi connectivity index (χ2n) is 8.14. The Morgan fingerprint density at radius 3 is 2.81 bits per heavy atom. The molecule has 0 radical (unpaired) electrons. The Morgan fingerprint density at radius 2 is 2.16 bits per heavy atom. The number of carbonyl (C=O) groups is 2. The van der Waals surface area contributed by atoms with E-state index in [1.807, 2.05) is 13.8 Å². The molecule has 32 heavy (non-hydrogen) atoms. The van der Waals surface area contributed by atoms with E-state index in [9.17, 15) is 14.9 Å². The fourth-order valence-corrected chi connectivity index (χ4v) is 3.32. The van der Waals surface area contributed by atoms with Gasteiger partial charge >= 0.3 is 5.97 Å². The molecule has 1 fully saturated rings. The van der Waals surface area contributed by atoms with Gasteiger partial charge in [0.05, 0.1) is 11.8 Å². The molecule has 3 rings (SSSR count). The van der Waals surface area contributed by atoms with Gasteiger partial charge in [0.25, 0.3) is 0 Å². The number of nitrogens with zero attached hydrogens (tertiary/aromatic N) is 4. The van der Waals surface area contributed by atoms with E-state index in [0.29, 0.717) is 36.3 Å². The van der Waals surface area contributed by atoms with Crippen molar-refractivity contribution in [2.75, 3.05) is 18.9 Å². The van der Waals surface area contributed by atoms with E-state index in [0.717, 1.165) is 0 Å². The molecular formula is C22H32N6O4. The summed E-state index contributed by atoms with van der Waals surface area (Å²) < 4.78 is 12.7. The molecule has 0 bridgehead atoms. The Labute approximate surface area is 188 Å². The molecule has 10 nitrogen and oxygen atoms in total. The van der Waals surface area contributed by atoms with Crippen LogP contribution in [0.4, 0.5) is 5.82 Å². The van der Waals surface area contributed by atoms with Crippen molar-refractivity contribution in [3.63, 3.8) is 0 Å². The molecule has 2 aromatic heterocycles. The lowest BCUT2D eigenvalue weighted by molar-refractivity contribution is -0.148. The zero-order chi connectivity index (χ0) is 23.7. The van der Waals surface area contributed by atoms with Gasteiger partial charge in [0.2, 0.25) is 5.91 Å². The van der Waals surface area contributed by atoms with Gasteiger partial charge in [0, 0.05) is 6.42 Å². The highest BCUT2D eigenvalue weighted by Gasteiger charge is 2.45. The monoisotopic (exact) mass is 444 g/mol. The van der Waals surface area contributed by atoms with Crippen molar-refractivity contribution < 1.29 is 19.1 Å². The molecule has 1 aliphatic heterocycles. The predicted octanol–water partition coefficient (Wildman–Crippen LogP) is 2.33. The van der Waals surface area contributed by atoms with E-state index in [-0.39, 0.29) is 25.0 Å². The molecule has 3 N–H and O–H groups in total. The normalized spacial score (nSPS) is 19.8. The van der Waals surface area contributed by atoms with Crippen LogP contribution in [0.25, 0.3) is 5.52 Å². The number of carbonyl (C=O) groups excluding carboxylic acids is 2. The van der Waals surface area contributed by atoms with Crippen molar-refractivity contribution in [1.82, 2.24) is 19.9 Å². The maximum absolute atomic E-state index is 11.9. The van der Waals surface area contributed by atoms with E-state index < -0.39 is 17.7 Å². The first-order valence-electron chi connectivity index (χ1n) is 10.9. The highest BCUT2D eigenvalue weighted by atomic mass is 16.6. The Hall–Kier alpha value is -3.19. The molecule has 2 unspecified atom stereocenters. The van der Waals surface area contributed by atoms with E-state index in [2.05, 4.69) is 35.3 Å². The maximum Gasteiger partial charge on any atom is 0.325 e. The van der Waals surface area contributed by atoms with Crippen molar-refractivity contribution in [1.29, 1.82) is 5.26 Å². The Morgan fingerprint density at radius 1 is 1.44 bits per heavy atom. The van der Waals surface area contributed by atoms with Gasteiger partial charge in [0.1, 0.15) is 31.1 Å². The maximum atomic E-state index is 11.9. The summed E-state index contributed by atoms with van der Waals surface area (Å²) in [7, 11) is 0. The molecule has 2 aromatic rings. The SMILES string of the molecule is CC(C)CC(=O)NCC(=O)OCC1CCC(C#N)(c2ccc3c(N)ncnn23)O1.CCC. The van der Waals surface area contributed by atoms with Gasteiger partial charge in [-0.3, -0.25) is 9.59 Å². The summed E-state index contributed by atoms with van der Waals surface area (Å²) in [6.45, 7) is 7.90.